The van der Waals surface area contributed by atoms with Crippen LogP contribution in [-0.2, 0) is 9.59 Å². The molecule has 0 saturated carbocycles. The molecule has 102 valence electrons. The summed E-state index contributed by atoms with van der Waals surface area (Å²) < 4.78 is 52.6. The van der Waals surface area contributed by atoms with Crippen molar-refractivity contribution in [3.05, 3.63) is 51.0 Å². The minimum absolute atomic E-state index is 0.189. The lowest BCUT2D eigenvalue weighted by molar-refractivity contribution is -0.123. The molecule has 1 aromatic carbocycles. The second kappa shape index (κ2) is 4.67. The number of nitrogens with zero attached hydrogens (tertiary/aromatic N) is 3. The average molecular weight is 286 g/mol. The molecule has 2 amide bonds. The van der Waals surface area contributed by atoms with E-state index >= 15 is 0 Å². The van der Waals surface area contributed by atoms with Crippen LogP contribution < -0.4 is 5.32 Å². The minimum Gasteiger partial charge on any atom is -0.288 e. The van der Waals surface area contributed by atoms with Crippen LogP contribution in [0.25, 0.3) is 16.0 Å². The van der Waals surface area contributed by atoms with Crippen molar-refractivity contribution in [2.75, 3.05) is 0 Å². The summed E-state index contributed by atoms with van der Waals surface area (Å²) in [6, 6.07) is 0.189. The zero-order valence-corrected chi connectivity index (χ0v) is 9.25. The third kappa shape index (κ3) is 1.88. The average Bonchev–Trinajstić information content (AvgIpc) is 2.67. The number of amides is 2. The Bertz CT molecular complexity index is 737. The van der Waals surface area contributed by atoms with Crippen molar-refractivity contribution in [1.29, 1.82) is 0 Å². The molecule has 0 fully saturated rings. The van der Waals surface area contributed by atoms with Crippen molar-refractivity contribution in [3.63, 3.8) is 0 Å². The maximum absolute atomic E-state index is 13.6. The van der Waals surface area contributed by atoms with Gasteiger partial charge in [0.25, 0.3) is 11.8 Å². The predicted molar refractivity (Wildman–Crippen MR) is 55.5 cm³/mol. The summed E-state index contributed by atoms with van der Waals surface area (Å²) in [5, 5.41) is 4.52. The Kier molecular flexibility index (Phi) is 3.16. The van der Waals surface area contributed by atoms with Gasteiger partial charge in [0.2, 0.25) is 0 Å². The number of hydrogen-bond acceptors (Lipinski definition) is 3. The fourth-order valence-electron chi connectivity index (χ4n) is 1.59. The fraction of sp³-hybridized carbons (Fsp3) is 0. The van der Waals surface area contributed by atoms with Gasteiger partial charge in [0.15, 0.2) is 23.3 Å². The monoisotopic (exact) mass is 286 g/mol. The van der Waals surface area contributed by atoms with E-state index in [9.17, 15) is 27.2 Å². The number of halogens is 4. The molecule has 0 aromatic heterocycles. The van der Waals surface area contributed by atoms with Gasteiger partial charge in [-0.3, -0.25) is 14.9 Å². The van der Waals surface area contributed by atoms with Gasteiger partial charge in [0.05, 0.1) is 5.57 Å². The number of carbonyl (C=O) groups is 2. The van der Waals surface area contributed by atoms with E-state index in [4.69, 9.17) is 5.53 Å². The van der Waals surface area contributed by atoms with Crippen molar-refractivity contribution in [3.8, 4) is 0 Å². The lowest BCUT2D eigenvalue weighted by Gasteiger charge is -2.05. The molecule has 1 aliphatic rings. The van der Waals surface area contributed by atoms with Crippen molar-refractivity contribution in [1.82, 2.24) is 5.32 Å². The lowest BCUT2D eigenvalue weighted by atomic mass is 10.0. The maximum atomic E-state index is 13.6. The number of imide groups is 1. The first-order chi connectivity index (χ1) is 9.38. The van der Waals surface area contributed by atoms with Gasteiger partial charge in [-0.05, 0) is 11.6 Å². The van der Waals surface area contributed by atoms with Crippen LogP contribution in [0.2, 0.25) is 0 Å². The SMILES string of the molecule is [N-]=[N+]=NC1=C(c2cc(F)c(F)c(F)c2F)C(=O)NC1=O. The van der Waals surface area contributed by atoms with Crippen molar-refractivity contribution >= 4 is 17.4 Å². The summed E-state index contributed by atoms with van der Waals surface area (Å²) in [7, 11) is 0. The Morgan fingerprint density at radius 2 is 1.70 bits per heavy atom. The first-order valence-electron chi connectivity index (χ1n) is 4.87. The highest BCUT2D eigenvalue weighted by Crippen LogP contribution is 2.30. The summed E-state index contributed by atoms with van der Waals surface area (Å²) in [5.41, 5.74) is 5.50. The van der Waals surface area contributed by atoms with Gasteiger partial charge in [-0.25, -0.2) is 17.6 Å². The fourth-order valence-corrected chi connectivity index (χ4v) is 1.59. The number of carbonyl (C=O) groups excluding carboxylic acids is 2. The van der Waals surface area contributed by atoms with E-state index in [1.807, 2.05) is 0 Å². The summed E-state index contributed by atoms with van der Waals surface area (Å²) in [5.74, 6) is -10.2. The van der Waals surface area contributed by atoms with E-state index in [0.29, 0.717) is 0 Å². The predicted octanol–water partition coefficient (Wildman–Crippen LogP) is 1.92. The smallest absolute Gasteiger partial charge is 0.261 e. The summed E-state index contributed by atoms with van der Waals surface area (Å²) in [4.78, 5) is 25.0. The molecule has 1 aromatic rings. The van der Waals surface area contributed by atoms with Gasteiger partial charge in [0, 0.05) is 10.5 Å². The molecule has 20 heavy (non-hydrogen) atoms. The third-order valence-electron chi connectivity index (χ3n) is 2.42. The molecule has 0 radical (unpaired) electrons. The van der Waals surface area contributed by atoms with Crippen LogP contribution >= 0.6 is 0 Å². The lowest BCUT2D eigenvalue weighted by Crippen LogP contribution is -2.23. The van der Waals surface area contributed by atoms with Crippen LogP contribution in [-0.4, -0.2) is 11.8 Å². The summed E-state index contributed by atoms with van der Waals surface area (Å²) in [6.07, 6.45) is 0. The Morgan fingerprint density at radius 1 is 1.05 bits per heavy atom. The molecule has 0 saturated heterocycles. The van der Waals surface area contributed by atoms with E-state index in [-0.39, 0.29) is 6.07 Å². The van der Waals surface area contributed by atoms with E-state index in [1.54, 1.807) is 5.32 Å². The molecule has 1 N–H and O–H groups in total. The van der Waals surface area contributed by atoms with Crippen LogP contribution in [0.5, 0.6) is 0 Å². The van der Waals surface area contributed by atoms with Crippen LogP contribution in [0.15, 0.2) is 16.9 Å². The first-order valence-corrected chi connectivity index (χ1v) is 4.87. The Balaban J connectivity index is 2.82. The quantitative estimate of drug-likeness (QED) is 0.171. The molecule has 0 aliphatic carbocycles. The molecule has 1 heterocycles. The number of rotatable bonds is 2. The van der Waals surface area contributed by atoms with E-state index in [1.165, 1.54) is 0 Å². The second-order valence-corrected chi connectivity index (χ2v) is 3.54. The normalized spacial score (nSPS) is 14.4. The van der Waals surface area contributed by atoms with Crippen molar-refractivity contribution in [2.45, 2.75) is 0 Å². The molecule has 0 bridgehead atoms. The van der Waals surface area contributed by atoms with E-state index < -0.39 is 51.9 Å². The first kappa shape index (κ1) is 13.6. The zero-order valence-electron chi connectivity index (χ0n) is 9.25. The van der Waals surface area contributed by atoms with Crippen molar-refractivity contribution in [2.24, 2.45) is 5.11 Å². The molecular weight excluding hydrogens is 284 g/mol. The Hall–Kier alpha value is -2.87. The third-order valence-corrected chi connectivity index (χ3v) is 2.42. The van der Waals surface area contributed by atoms with Crippen LogP contribution in [0.4, 0.5) is 17.6 Å². The van der Waals surface area contributed by atoms with Gasteiger partial charge in [-0.2, -0.15) is 0 Å². The van der Waals surface area contributed by atoms with Crippen LogP contribution in [0.1, 0.15) is 5.56 Å². The summed E-state index contributed by atoms with van der Waals surface area (Å²) >= 11 is 0. The van der Waals surface area contributed by atoms with Gasteiger partial charge in [-0.15, -0.1) is 0 Å². The highest BCUT2D eigenvalue weighted by molar-refractivity contribution is 6.35. The van der Waals surface area contributed by atoms with Gasteiger partial charge < -0.3 is 0 Å². The number of azide groups is 1. The molecule has 1 aliphatic heterocycles. The van der Waals surface area contributed by atoms with E-state index in [2.05, 4.69) is 10.0 Å². The Morgan fingerprint density at radius 3 is 2.30 bits per heavy atom. The standard InChI is InChI=1S/C10H2F4N4O2/c11-3-1-2(5(12)7(14)6(3)13)4-8(17-18-15)10(20)16-9(4)19/h1H,(H,16,19,20). The molecular formula is C10H2F4N4O2. The molecule has 2 rings (SSSR count). The Labute approximate surface area is 107 Å². The second-order valence-electron chi connectivity index (χ2n) is 3.54. The highest BCUT2D eigenvalue weighted by Gasteiger charge is 2.34. The minimum atomic E-state index is -2.15. The van der Waals surface area contributed by atoms with Gasteiger partial charge in [-0.1, -0.05) is 5.11 Å². The topological polar surface area (TPSA) is 94.9 Å². The van der Waals surface area contributed by atoms with E-state index in [0.717, 1.165) is 0 Å². The molecule has 6 nitrogen and oxygen atoms in total. The molecule has 0 unspecified atom stereocenters. The van der Waals surface area contributed by atoms with Gasteiger partial charge >= 0.3 is 0 Å². The largest absolute Gasteiger partial charge is 0.288 e. The zero-order chi connectivity index (χ0) is 15.0. The summed E-state index contributed by atoms with van der Waals surface area (Å²) in [6.45, 7) is 0. The molecule has 10 heteroatoms. The number of hydrogen-bond donors (Lipinski definition) is 1. The number of nitrogens with one attached hydrogen (secondary N) is 1. The number of benzene rings is 1. The van der Waals surface area contributed by atoms with Crippen LogP contribution in [0, 0.1) is 23.3 Å². The van der Waals surface area contributed by atoms with Gasteiger partial charge in [0.1, 0.15) is 5.70 Å². The van der Waals surface area contributed by atoms with Crippen LogP contribution in [0.3, 0.4) is 0 Å². The maximum Gasteiger partial charge on any atom is 0.261 e. The molecule has 0 atom stereocenters. The van der Waals surface area contributed by atoms with Crippen molar-refractivity contribution < 1.29 is 27.2 Å². The molecule has 0 spiro atoms. The highest BCUT2D eigenvalue weighted by atomic mass is 19.2.